The number of unbranched alkanes of at least 4 members (excludes halogenated alkanes) is 1. The number of carboxylic acids is 1. The van der Waals surface area contributed by atoms with Crippen molar-refractivity contribution in [3.05, 3.63) is 11.6 Å². The van der Waals surface area contributed by atoms with E-state index in [4.69, 9.17) is 14.0 Å². The third-order valence-electron chi connectivity index (χ3n) is 2.49. The standard InChI is InChI=1S/C10H20O4Si/c1-9(10(11)12)7-5-6-8-15(4,13-2)14-3/h7H,5-6,8H2,1-4H3,(H,11,12). The molecule has 15 heavy (non-hydrogen) atoms. The first-order chi connectivity index (χ1) is 6.95. The Balaban J connectivity index is 3.89. The summed E-state index contributed by atoms with van der Waals surface area (Å²) in [7, 11) is 1.35. The maximum atomic E-state index is 10.5. The second-order valence-electron chi connectivity index (χ2n) is 3.63. The van der Waals surface area contributed by atoms with E-state index < -0.39 is 14.5 Å². The molecule has 0 unspecified atom stereocenters. The van der Waals surface area contributed by atoms with Crippen LogP contribution in [-0.4, -0.2) is 33.9 Å². The Morgan fingerprint density at radius 2 is 1.93 bits per heavy atom. The van der Waals surface area contributed by atoms with Crippen molar-refractivity contribution in [2.45, 2.75) is 32.4 Å². The lowest BCUT2D eigenvalue weighted by molar-refractivity contribution is -0.132. The first-order valence-corrected chi connectivity index (χ1v) is 7.48. The highest BCUT2D eigenvalue weighted by molar-refractivity contribution is 6.65. The number of rotatable bonds is 7. The Hall–Kier alpha value is -0.653. The fourth-order valence-corrected chi connectivity index (χ4v) is 2.54. The summed E-state index contributed by atoms with van der Waals surface area (Å²) < 4.78 is 10.6. The van der Waals surface area contributed by atoms with Gasteiger partial charge in [-0.05, 0) is 32.4 Å². The molecule has 0 aliphatic heterocycles. The normalized spacial score (nSPS) is 12.9. The van der Waals surface area contributed by atoms with Crippen molar-refractivity contribution < 1.29 is 18.8 Å². The van der Waals surface area contributed by atoms with Crippen LogP contribution in [0, 0.1) is 0 Å². The van der Waals surface area contributed by atoms with Gasteiger partial charge < -0.3 is 14.0 Å². The van der Waals surface area contributed by atoms with Crippen molar-refractivity contribution in [1.29, 1.82) is 0 Å². The SMILES string of the molecule is CO[Si](C)(CCCC=C(C)C(=O)O)OC. The van der Waals surface area contributed by atoms with E-state index in [0.717, 1.165) is 18.9 Å². The number of aliphatic carboxylic acids is 1. The fraction of sp³-hybridized carbons (Fsp3) is 0.700. The largest absolute Gasteiger partial charge is 0.478 e. The number of hydrogen-bond donors (Lipinski definition) is 1. The van der Waals surface area contributed by atoms with Crippen LogP contribution in [0.2, 0.25) is 12.6 Å². The Morgan fingerprint density at radius 3 is 2.33 bits per heavy atom. The molecule has 0 radical (unpaired) electrons. The van der Waals surface area contributed by atoms with E-state index >= 15 is 0 Å². The molecule has 88 valence electrons. The number of allylic oxidation sites excluding steroid dienone is 1. The molecular weight excluding hydrogens is 212 g/mol. The lowest BCUT2D eigenvalue weighted by Gasteiger charge is -2.22. The minimum absolute atomic E-state index is 0.396. The molecule has 0 heterocycles. The highest BCUT2D eigenvalue weighted by atomic mass is 28.4. The molecule has 0 aromatic carbocycles. The lowest BCUT2D eigenvalue weighted by Crippen LogP contribution is -2.35. The predicted octanol–water partition coefficient (Wildman–Crippen LogP) is 2.16. The van der Waals surface area contributed by atoms with Crippen molar-refractivity contribution in [3.63, 3.8) is 0 Å². The van der Waals surface area contributed by atoms with Crippen molar-refractivity contribution in [2.75, 3.05) is 14.2 Å². The summed E-state index contributed by atoms with van der Waals surface area (Å²) in [6, 6.07) is 0.878. The molecule has 0 saturated heterocycles. The van der Waals surface area contributed by atoms with Crippen LogP contribution < -0.4 is 0 Å². The van der Waals surface area contributed by atoms with Gasteiger partial charge in [-0.15, -0.1) is 0 Å². The quantitative estimate of drug-likeness (QED) is 0.415. The van der Waals surface area contributed by atoms with E-state index in [1.54, 1.807) is 27.2 Å². The molecule has 0 rings (SSSR count). The number of carbonyl (C=O) groups is 1. The van der Waals surface area contributed by atoms with Crippen LogP contribution in [0.4, 0.5) is 0 Å². The first-order valence-electron chi connectivity index (χ1n) is 4.95. The van der Waals surface area contributed by atoms with Gasteiger partial charge in [0, 0.05) is 19.8 Å². The zero-order valence-electron chi connectivity index (χ0n) is 9.87. The monoisotopic (exact) mass is 232 g/mol. The molecule has 0 atom stereocenters. The smallest absolute Gasteiger partial charge is 0.334 e. The van der Waals surface area contributed by atoms with Gasteiger partial charge in [-0.25, -0.2) is 4.79 Å². The molecule has 0 aromatic heterocycles. The second kappa shape index (κ2) is 6.76. The molecular formula is C10H20O4Si. The van der Waals surface area contributed by atoms with Gasteiger partial charge in [0.25, 0.3) is 0 Å². The molecule has 0 fully saturated rings. The van der Waals surface area contributed by atoms with Crippen molar-refractivity contribution in [1.82, 2.24) is 0 Å². The van der Waals surface area contributed by atoms with Gasteiger partial charge in [0.05, 0.1) is 0 Å². The topological polar surface area (TPSA) is 55.8 Å². The van der Waals surface area contributed by atoms with Gasteiger partial charge in [0.15, 0.2) is 0 Å². The van der Waals surface area contributed by atoms with E-state index in [1.807, 2.05) is 6.55 Å². The third kappa shape index (κ3) is 5.71. The van der Waals surface area contributed by atoms with Crippen LogP contribution in [0.25, 0.3) is 0 Å². The summed E-state index contributed by atoms with van der Waals surface area (Å²) in [5, 5.41) is 8.62. The molecule has 0 aromatic rings. The first kappa shape index (κ1) is 14.3. The van der Waals surface area contributed by atoms with Gasteiger partial charge in [-0.3, -0.25) is 0 Å². The van der Waals surface area contributed by atoms with Crippen molar-refractivity contribution in [2.24, 2.45) is 0 Å². The van der Waals surface area contributed by atoms with E-state index in [2.05, 4.69) is 0 Å². The molecule has 0 aliphatic rings. The van der Waals surface area contributed by atoms with Crippen LogP contribution in [0.1, 0.15) is 19.8 Å². The van der Waals surface area contributed by atoms with Crippen LogP contribution in [-0.2, 0) is 13.6 Å². The predicted molar refractivity (Wildman–Crippen MR) is 61.1 cm³/mol. The minimum Gasteiger partial charge on any atom is -0.478 e. The van der Waals surface area contributed by atoms with Gasteiger partial charge in [-0.2, -0.15) is 0 Å². The van der Waals surface area contributed by atoms with Gasteiger partial charge in [-0.1, -0.05) is 6.08 Å². The van der Waals surface area contributed by atoms with E-state index in [1.165, 1.54) is 0 Å². The summed E-state index contributed by atoms with van der Waals surface area (Å²) in [6.07, 6.45) is 3.39. The molecule has 0 amide bonds. The average molecular weight is 232 g/mol. The molecule has 5 heteroatoms. The zero-order valence-corrected chi connectivity index (χ0v) is 10.9. The van der Waals surface area contributed by atoms with Crippen LogP contribution in [0.15, 0.2) is 11.6 Å². The van der Waals surface area contributed by atoms with Gasteiger partial charge in [0.1, 0.15) is 0 Å². The fourth-order valence-electron chi connectivity index (χ4n) is 1.12. The van der Waals surface area contributed by atoms with Crippen LogP contribution >= 0.6 is 0 Å². The third-order valence-corrected chi connectivity index (χ3v) is 5.48. The summed E-state index contributed by atoms with van der Waals surface area (Å²) in [5.74, 6) is -0.853. The Labute approximate surface area is 92.1 Å². The van der Waals surface area contributed by atoms with Gasteiger partial charge in [0.2, 0.25) is 0 Å². The van der Waals surface area contributed by atoms with Crippen LogP contribution in [0.3, 0.4) is 0 Å². The van der Waals surface area contributed by atoms with Crippen molar-refractivity contribution >= 4 is 14.5 Å². The molecule has 4 nitrogen and oxygen atoms in total. The van der Waals surface area contributed by atoms with E-state index in [9.17, 15) is 4.79 Å². The molecule has 0 aliphatic carbocycles. The van der Waals surface area contributed by atoms with Gasteiger partial charge >= 0.3 is 14.5 Å². The highest BCUT2D eigenvalue weighted by Gasteiger charge is 2.27. The van der Waals surface area contributed by atoms with E-state index in [0.29, 0.717) is 5.57 Å². The minimum atomic E-state index is -1.97. The summed E-state index contributed by atoms with van der Waals surface area (Å²) in [6.45, 7) is 3.60. The maximum Gasteiger partial charge on any atom is 0.334 e. The Kier molecular flexibility index (Phi) is 6.47. The van der Waals surface area contributed by atoms with Crippen molar-refractivity contribution in [3.8, 4) is 0 Å². The van der Waals surface area contributed by atoms with E-state index in [-0.39, 0.29) is 0 Å². The Morgan fingerprint density at radius 1 is 1.40 bits per heavy atom. The number of carboxylic acid groups (broad SMARTS) is 1. The Bertz CT molecular complexity index is 234. The summed E-state index contributed by atoms with van der Waals surface area (Å²) >= 11 is 0. The molecule has 0 bridgehead atoms. The molecule has 0 saturated carbocycles. The number of hydrogen-bond acceptors (Lipinski definition) is 3. The summed E-state index contributed by atoms with van der Waals surface area (Å²) in [4.78, 5) is 10.5. The summed E-state index contributed by atoms with van der Waals surface area (Å²) in [5.41, 5.74) is 0.396. The average Bonchev–Trinajstić information content (AvgIpc) is 2.23. The maximum absolute atomic E-state index is 10.5. The van der Waals surface area contributed by atoms with Crippen LogP contribution in [0.5, 0.6) is 0 Å². The zero-order chi connectivity index (χ0) is 11.9. The highest BCUT2D eigenvalue weighted by Crippen LogP contribution is 2.15. The molecule has 0 spiro atoms. The second-order valence-corrected chi connectivity index (χ2v) is 7.21. The lowest BCUT2D eigenvalue weighted by atomic mass is 10.2. The molecule has 1 N–H and O–H groups in total.